The number of ether oxygens (including phenoxy) is 1. The summed E-state index contributed by atoms with van der Waals surface area (Å²) in [6.45, 7) is 1.22. The average molecular weight is 257 g/mol. The number of amides is 1. The van der Waals surface area contributed by atoms with E-state index in [0.717, 1.165) is 12.8 Å². The minimum atomic E-state index is -0.0361. The summed E-state index contributed by atoms with van der Waals surface area (Å²) in [6.07, 6.45) is 4.79. The van der Waals surface area contributed by atoms with Crippen LogP contribution in [0.15, 0.2) is 18.3 Å². The first-order chi connectivity index (χ1) is 9.28. The number of carbonyl (C=O) groups excluding carboxylic acids is 1. The predicted molar refractivity (Wildman–Crippen MR) is 67.3 cm³/mol. The monoisotopic (exact) mass is 257 g/mol. The third-order valence-corrected chi connectivity index (χ3v) is 3.78. The lowest BCUT2D eigenvalue weighted by Crippen LogP contribution is -2.58. The molecule has 98 valence electrons. The van der Waals surface area contributed by atoms with E-state index >= 15 is 0 Å². The first-order valence-electron chi connectivity index (χ1n) is 6.58. The van der Waals surface area contributed by atoms with Gasteiger partial charge in [0.1, 0.15) is 17.7 Å². The molecule has 0 bridgehead atoms. The van der Waals surface area contributed by atoms with E-state index in [4.69, 9.17) is 10.00 Å². The second-order valence-corrected chi connectivity index (χ2v) is 5.08. The molecule has 2 heterocycles. The molecule has 19 heavy (non-hydrogen) atoms. The summed E-state index contributed by atoms with van der Waals surface area (Å²) in [4.78, 5) is 17.8. The Balaban J connectivity index is 1.54. The smallest absolute Gasteiger partial charge is 0.232 e. The standard InChI is InChI=1S/C14H15N3O2/c15-7-11-5-2-6-16-13(11)19-12-8-17(9-12)14(18)10-3-1-4-10/h2,5-6,10,12H,1,3-4,8-9H2. The van der Waals surface area contributed by atoms with Crippen LogP contribution in [0.3, 0.4) is 0 Å². The van der Waals surface area contributed by atoms with E-state index in [9.17, 15) is 4.79 Å². The van der Waals surface area contributed by atoms with E-state index in [-0.39, 0.29) is 17.9 Å². The Hall–Kier alpha value is -2.09. The number of nitriles is 1. The van der Waals surface area contributed by atoms with Gasteiger partial charge in [0, 0.05) is 12.1 Å². The van der Waals surface area contributed by atoms with Crippen LogP contribution in [-0.2, 0) is 4.79 Å². The molecule has 1 aromatic heterocycles. The molecule has 0 aromatic carbocycles. The second kappa shape index (κ2) is 4.88. The predicted octanol–water partition coefficient (Wildman–Crippen LogP) is 1.34. The van der Waals surface area contributed by atoms with Crippen molar-refractivity contribution in [2.75, 3.05) is 13.1 Å². The topological polar surface area (TPSA) is 66.2 Å². The maximum Gasteiger partial charge on any atom is 0.232 e. The molecule has 0 atom stereocenters. The van der Waals surface area contributed by atoms with E-state index in [1.165, 1.54) is 6.42 Å². The van der Waals surface area contributed by atoms with Crippen molar-refractivity contribution in [2.45, 2.75) is 25.4 Å². The molecule has 0 N–H and O–H groups in total. The molecular weight excluding hydrogens is 242 g/mol. The van der Waals surface area contributed by atoms with Crippen LogP contribution in [0.2, 0.25) is 0 Å². The third-order valence-electron chi connectivity index (χ3n) is 3.78. The summed E-state index contributed by atoms with van der Waals surface area (Å²) in [5.74, 6) is 0.865. The van der Waals surface area contributed by atoms with E-state index in [2.05, 4.69) is 11.1 Å². The highest BCUT2D eigenvalue weighted by atomic mass is 16.5. The van der Waals surface area contributed by atoms with Gasteiger partial charge in [-0.2, -0.15) is 5.26 Å². The van der Waals surface area contributed by atoms with Crippen LogP contribution in [0.4, 0.5) is 0 Å². The van der Waals surface area contributed by atoms with Crippen molar-refractivity contribution < 1.29 is 9.53 Å². The number of hydrogen-bond acceptors (Lipinski definition) is 4. The Kier molecular flexibility index (Phi) is 3.08. The number of hydrogen-bond donors (Lipinski definition) is 0. The summed E-state index contributed by atoms with van der Waals surface area (Å²) in [5.41, 5.74) is 0.436. The number of rotatable bonds is 3. The first-order valence-corrected chi connectivity index (χ1v) is 6.58. The van der Waals surface area contributed by atoms with Crippen molar-refractivity contribution in [3.05, 3.63) is 23.9 Å². The first kappa shape index (κ1) is 12.0. The molecule has 1 aromatic rings. The summed E-state index contributed by atoms with van der Waals surface area (Å²) in [5, 5.41) is 8.94. The molecule has 1 aliphatic heterocycles. The summed E-state index contributed by atoms with van der Waals surface area (Å²) in [7, 11) is 0. The Morgan fingerprint density at radius 1 is 1.47 bits per heavy atom. The van der Waals surface area contributed by atoms with Crippen LogP contribution < -0.4 is 4.74 Å². The number of carbonyl (C=O) groups is 1. The third kappa shape index (κ3) is 2.26. The molecule has 5 nitrogen and oxygen atoms in total. The fraction of sp³-hybridized carbons (Fsp3) is 0.500. The Morgan fingerprint density at radius 3 is 2.89 bits per heavy atom. The zero-order chi connectivity index (χ0) is 13.2. The van der Waals surface area contributed by atoms with Gasteiger partial charge in [0.25, 0.3) is 0 Å². The summed E-state index contributed by atoms with van der Waals surface area (Å²) < 4.78 is 5.66. The van der Waals surface area contributed by atoms with Crippen LogP contribution in [0.5, 0.6) is 5.88 Å². The highest BCUT2D eigenvalue weighted by Gasteiger charge is 2.38. The van der Waals surface area contributed by atoms with Crippen LogP contribution in [0, 0.1) is 17.2 Å². The van der Waals surface area contributed by atoms with Gasteiger partial charge in [-0.3, -0.25) is 4.79 Å². The minimum Gasteiger partial charge on any atom is -0.470 e. The maximum atomic E-state index is 11.9. The normalized spacial score (nSPS) is 19.2. The zero-order valence-electron chi connectivity index (χ0n) is 10.6. The van der Waals surface area contributed by atoms with Crippen LogP contribution >= 0.6 is 0 Å². The molecule has 1 saturated carbocycles. The Labute approximate surface area is 111 Å². The van der Waals surface area contributed by atoms with Crippen molar-refractivity contribution in [3.8, 4) is 11.9 Å². The van der Waals surface area contributed by atoms with Gasteiger partial charge in [-0.25, -0.2) is 4.98 Å². The minimum absolute atomic E-state index is 0.0361. The highest BCUT2D eigenvalue weighted by molar-refractivity contribution is 5.80. The van der Waals surface area contributed by atoms with Crippen molar-refractivity contribution >= 4 is 5.91 Å². The molecule has 3 rings (SSSR count). The number of pyridine rings is 1. The molecule has 1 saturated heterocycles. The van der Waals surface area contributed by atoms with Crippen LogP contribution in [-0.4, -0.2) is 35.0 Å². The van der Waals surface area contributed by atoms with Crippen molar-refractivity contribution in [1.29, 1.82) is 5.26 Å². The molecule has 1 aliphatic carbocycles. The molecule has 2 fully saturated rings. The van der Waals surface area contributed by atoms with Gasteiger partial charge in [-0.1, -0.05) is 6.42 Å². The summed E-state index contributed by atoms with van der Waals surface area (Å²) in [6, 6.07) is 5.44. The van der Waals surface area contributed by atoms with Crippen LogP contribution in [0.25, 0.3) is 0 Å². The van der Waals surface area contributed by atoms with Gasteiger partial charge < -0.3 is 9.64 Å². The maximum absolute atomic E-state index is 11.9. The van der Waals surface area contributed by atoms with Crippen LogP contribution in [0.1, 0.15) is 24.8 Å². The zero-order valence-corrected chi connectivity index (χ0v) is 10.6. The Morgan fingerprint density at radius 2 is 2.26 bits per heavy atom. The van der Waals surface area contributed by atoms with E-state index < -0.39 is 0 Å². The van der Waals surface area contributed by atoms with Gasteiger partial charge >= 0.3 is 0 Å². The highest BCUT2D eigenvalue weighted by Crippen LogP contribution is 2.30. The fourth-order valence-corrected chi connectivity index (χ4v) is 2.33. The van der Waals surface area contributed by atoms with Crippen molar-refractivity contribution in [1.82, 2.24) is 9.88 Å². The average Bonchev–Trinajstić information content (AvgIpc) is 2.31. The van der Waals surface area contributed by atoms with Gasteiger partial charge in [0.05, 0.1) is 13.1 Å². The molecule has 1 amide bonds. The fourth-order valence-electron chi connectivity index (χ4n) is 2.33. The quantitative estimate of drug-likeness (QED) is 0.819. The van der Waals surface area contributed by atoms with E-state index in [0.29, 0.717) is 24.5 Å². The molecule has 0 unspecified atom stereocenters. The van der Waals surface area contributed by atoms with E-state index in [1.54, 1.807) is 18.3 Å². The SMILES string of the molecule is N#Cc1cccnc1OC1CN(C(=O)C2CCC2)C1. The summed E-state index contributed by atoms with van der Waals surface area (Å²) >= 11 is 0. The molecule has 0 radical (unpaired) electrons. The molecule has 2 aliphatic rings. The van der Waals surface area contributed by atoms with Gasteiger partial charge in [0.15, 0.2) is 0 Å². The van der Waals surface area contributed by atoms with Crippen molar-refractivity contribution in [3.63, 3.8) is 0 Å². The molecule has 5 heteroatoms. The lowest BCUT2D eigenvalue weighted by molar-refractivity contribution is -0.147. The van der Waals surface area contributed by atoms with Gasteiger partial charge in [-0.15, -0.1) is 0 Å². The Bertz CT molecular complexity index is 528. The number of nitrogens with zero attached hydrogens (tertiary/aromatic N) is 3. The molecular formula is C14H15N3O2. The lowest BCUT2D eigenvalue weighted by Gasteiger charge is -2.42. The second-order valence-electron chi connectivity index (χ2n) is 5.08. The van der Waals surface area contributed by atoms with Gasteiger partial charge in [0.2, 0.25) is 11.8 Å². The van der Waals surface area contributed by atoms with Crippen molar-refractivity contribution in [2.24, 2.45) is 5.92 Å². The lowest BCUT2D eigenvalue weighted by atomic mass is 9.83. The number of likely N-dealkylation sites (tertiary alicyclic amines) is 1. The number of aromatic nitrogens is 1. The van der Waals surface area contributed by atoms with E-state index in [1.807, 2.05) is 4.90 Å². The van der Waals surface area contributed by atoms with Gasteiger partial charge in [-0.05, 0) is 25.0 Å². The molecule has 0 spiro atoms. The largest absolute Gasteiger partial charge is 0.470 e.